The second-order valence-corrected chi connectivity index (χ2v) is 6.68. The van der Waals surface area contributed by atoms with E-state index in [4.69, 9.17) is 27.9 Å². The standard InChI is InChI=1S/C15H18Cl2FNO3/c1-8(19-14(21)22-15(2,3)4)7-11(20)12-9(16)5-6-10(18)13(12)17/h5-6,8H,7H2,1-4H3,(H,19,21). The van der Waals surface area contributed by atoms with Gasteiger partial charge in [0.2, 0.25) is 0 Å². The lowest BCUT2D eigenvalue weighted by Crippen LogP contribution is -2.38. The molecule has 1 aromatic carbocycles. The zero-order valence-electron chi connectivity index (χ0n) is 12.8. The van der Waals surface area contributed by atoms with Crippen molar-refractivity contribution in [1.82, 2.24) is 5.32 Å². The normalized spacial score (nSPS) is 12.7. The zero-order valence-corrected chi connectivity index (χ0v) is 14.3. The highest BCUT2D eigenvalue weighted by molar-refractivity contribution is 6.39. The number of hydrogen-bond donors (Lipinski definition) is 1. The summed E-state index contributed by atoms with van der Waals surface area (Å²) >= 11 is 11.7. The maximum Gasteiger partial charge on any atom is 0.407 e. The lowest BCUT2D eigenvalue weighted by Gasteiger charge is -2.21. The average Bonchev–Trinajstić information content (AvgIpc) is 2.31. The molecule has 1 aromatic rings. The molecule has 0 saturated heterocycles. The van der Waals surface area contributed by atoms with Crippen molar-refractivity contribution in [3.63, 3.8) is 0 Å². The molecule has 0 aromatic heterocycles. The van der Waals surface area contributed by atoms with Crippen LogP contribution in [0.5, 0.6) is 0 Å². The zero-order chi connectivity index (χ0) is 17.1. The van der Waals surface area contributed by atoms with E-state index in [0.29, 0.717) is 0 Å². The summed E-state index contributed by atoms with van der Waals surface area (Å²) in [6, 6.07) is 1.84. The van der Waals surface area contributed by atoms with Gasteiger partial charge in [-0.2, -0.15) is 0 Å². The number of amides is 1. The second kappa shape index (κ2) is 7.29. The van der Waals surface area contributed by atoms with Crippen LogP contribution in [0.4, 0.5) is 9.18 Å². The fourth-order valence-electron chi connectivity index (χ4n) is 1.72. The van der Waals surface area contributed by atoms with Crippen LogP contribution in [0, 0.1) is 5.82 Å². The quantitative estimate of drug-likeness (QED) is 0.637. The van der Waals surface area contributed by atoms with Crippen LogP contribution >= 0.6 is 23.2 Å². The third kappa shape index (κ3) is 5.46. The maximum atomic E-state index is 13.4. The molecule has 0 heterocycles. The monoisotopic (exact) mass is 349 g/mol. The summed E-state index contributed by atoms with van der Waals surface area (Å²) in [5.74, 6) is -1.18. The molecule has 1 amide bonds. The van der Waals surface area contributed by atoms with Gasteiger partial charge in [0.15, 0.2) is 5.78 Å². The largest absolute Gasteiger partial charge is 0.444 e. The van der Waals surface area contributed by atoms with Gasteiger partial charge in [-0.3, -0.25) is 4.79 Å². The molecule has 7 heteroatoms. The topological polar surface area (TPSA) is 55.4 Å². The Morgan fingerprint density at radius 2 is 1.91 bits per heavy atom. The Morgan fingerprint density at radius 1 is 1.32 bits per heavy atom. The van der Waals surface area contributed by atoms with Gasteiger partial charge in [0.1, 0.15) is 11.4 Å². The van der Waals surface area contributed by atoms with Crippen LogP contribution < -0.4 is 5.32 Å². The van der Waals surface area contributed by atoms with Crippen molar-refractivity contribution >= 4 is 35.1 Å². The predicted octanol–water partition coefficient (Wildman–Crippen LogP) is 4.62. The molecule has 1 unspecified atom stereocenters. The molecule has 0 spiro atoms. The first kappa shape index (κ1) is 18.7. The van der Waals surface area contributed by atoms with E-state index in [-0.39, 0.29) is 22.0 Å². The highest BCUT2D eigenvalue weighted by atomic mass is 35.5. The number of benzene rings is 1. The molecule has 1 rings (SSSR count). The summed E-state index contributed by atoms with van der Waals surface area (Å²) in [5.41, 5.74) is -0.718. The molecule has 22 heavy (non-hydrogen) atoms. The van der Waals surface area contributed by atoms with Gasteiger partial charge >= 0.3 is 6.09 Å². The summed E-state index contributed by atoms with van der Waals surface area (Å²) in [6.07, 6.45) is -0.716. The van der Waals surface area contributed by atoms with Crippen LogP contribution in [0.15, 0.2) is 12.1 Å². The fraction of sp³-hybridized carbons (Fsp3) is 0.467. The number of ketones is 1. The van der Waals surface area contributed by atoms with Crippen molar-refractivity contribution in [2.75, 3.05) is 0 Å². The molecule has 122 valence electrons. The van der Waals surface area contributed by atoms with Crippen molar-refractivity contribution in [3.05, 3.63) is 33.6 Å². The summed E-state index contributed by atoms with van der Waals surface area (Å²) < 4.78 is 18.5. The van der Waals surface area contributed by atoms with E-state index in [0.717, 1.165) is 6.07 Å². The van der Waals surface area contributed by atoms with Crippen LogP contribution in [0.1, 0.15) is 44.5 Å². The number of hydrogen-bond acceptors (Lipinski definition) is 3. The van der Waals surface area contributed by atoms with E-state index in [2.05, 4.69) is 5.32 Å². The number of halogens is 3. The van der Waals surface area contributed by atoms with Gasteiger partial charge in [-0.15, -0.1) is 0 Å². The molecule has 1 N–H and O–H groups in total. The second-order valence-electron chi connectivity index (χ2n) is 5.89. The molecule has 0 fully saturated rings. The summed E-state index contributed by atoms with van der Waals surface area (Å²) in [5, 5.41) is 2.28. The highest BCUT2D eigenvalue weighted by Gasteiger charge is 2.22. The van der Waals surface area contributed by atoms with E-state index in [1.807, 2.05) is 0 Å². The van der Waals surface area contributed by atoms with Crippen molar-refractivity contribution in [2.45, 2.75) is 45.8 Å². The van der Waals surface area contributed by atoms with Gasteiger partial charge in [-0.05, 0) is 39.8 Å². The molecule has 0 aliphatic heterocycles. The van der Waals surface area contributed by atoms with Crippen LogP contribution in [-0.4, -0.2) is 23.5 Å². The maximum absolute atomic E-state index is 13.4. The van der Waals surface area contributed by atoms with Crippen LogP contribution in [0.2, 0.25) is 10.0 Å². The number of alkyl carbamates (subject to hydrolysis) is 1. The van der Waals surface area contributed by atoms with E-state index in [1.165, 1.54) is 6.07 Å². The molecular weight excluding hydrogens is 332 g/mol. The lowest BCUT2D eigenvalue weighted by molar-refractivity contribution is 0.0506. The third-order valence-electron chi connectivity index (χ3n) is 2.58. The minimum Gasteiger partial charge on any atom is -0.444 e. The average molecular weight is 350 g/mol. The van der Waals surface area contributed by atoms with Crippen molar-refractivity contribution in [2.24, 2.45) is 0 Å². The molecule has 0 aliphatic carbocycles. The smallest absolute Gasteiger partial charge is 0.407 e. The van der Waals surface area contributed by atoms with Gasteiger partial charge in [0.05, 0.1) is 15.6 Å². The third-order valence-corrected chi connectivity index (χ3v) is 3.26. The van der Waals surface area contributed by atoms with Crippen molar-refractivity contribution in [3.8, 4) is 0 Å². The van der Waals surface area contributed by atoms with Gasteiger partial charge in [-0.1, -0.05) is 23.2 Å². The SMILES string of the molecule is CC(CC(=O)c1c(Cl)ccc(F)c1Cl)NC(=O)OC(C)(C)C. The van der Waals surface area contributed by atoms with Gasteiger partial charge < -0.3 is 10.1 Å². The van der Waals surface area contributed by atoms with Crippen LogP contribution in [-0.2, 0) is 4.74 Å². The van der Waals surface area contributed by atoms with E-state index < -0.39 is 29.3 Å². The Kier molecular flexibility index (Phi) is 6.20. The minimum atomic E-state index is -0.720. The number of carbonyl (C=O) groups is 2. The molecule has 0 bridgehead atoms. The molecule has 4 nitrogen and oxygen atoms in total. The highest BCUT2D eigenvalue weighted by Crippen LogP contribution is 2.28. The van der Waals surface area contributed by atoms with Crippen LogP contribution in [0.3, 0.4) is 0 Å². The van der Waals surface area contributed by atoms with E-state index >= 15 is 0 Å². The first-order valence-corrected chi connectivity index (χ1v) is 7.43. The Morgan fingerprint density at radius 3 is 2.45 bits per heavy atom. The van der Waals surface area contributed by atoms with Gasteiger partial charge in [0, 0.05) is 12.5 Å². The number of Topliss-reactive ketones (excluding diaryl/α,β-unsaturated/α-hetero) is 1. The van der Waals surface area contributed by atoms with Crippen molar-refractivity contribution in [1.29, 1.82) is 0 Å². The van der Waals surface area contributed by atoms with Crippen LogP contribution in [0.25, 0.3) is 0 Å². The minimum absolute atomic E-state index is 0.0702. The molecule has 0 radical (unpaired) electrons. The number of nitrogens with one attached hydrogen (secondary N) is 1. The summed E-state index contributed by atoms with van der Waals surface area (Å²) in [4.78, 5) is 23.8. The first-order chi connectivity index (χ1) is 10.0. The summed E-state index contributed by atoms with van der Waals surface area (Å²) in [7, 11) is 0. The van der Waals surface area contributed by atoms with Crippen molar-refractivity contribution < 1.29 is 18.7 Å². The first-order valence-electron chi connectivity index (χ1n) is 6.67. The summed E-state index contributed by atoms with van der Waals surface area (Å²) in [6.45, 7) is 6.82. The molecule has 0 saturated carbocycles. The van der Waals surface area contributed by atoms with E-state index in [1.54, 1.807) is 27.7 Å². The number of carbonyl (C=O) groups excluding carboxylic acids is 2. The molecule has 0 aliphatic rings. The fourth-order valence-corrected chi connectivity index (χ4v) is 2.30. The van der Waals surface area contributed by atoms with E-state index in [9.17, 15) is 14.0 Å². The molecule has 1 atom stereocenters. The Hall–Kier alpha value is -1.33. The predicted molar refractivity (Wildman–Crippen MR) is 84.2 cm³/mol. The molecular formula is C15H18Cl2FNO3. The lowest BCUT2D eigenvalue weighted by atomic mass is 10.0. The Labute approximate surface area is 138 Å². The Bertz CT molecular complexity index is 585. The van der Waals surface area contributed by atoms with Gasteiger partial charge in [-0.25, -0.2) is 9.18 Å². The number of ether oxygens (including phenoxy) is 1. The Balaban J connectivity index is 2.73. The van der Waals surface area contributed by atoms with Gasteiger partial charge in [0.25, 0.3) is 0 Å². The number of rotatable bonds is 4.